The van der Waals surface area contributed by atoms with Crippen LogP contribution in [0.3, 0.4) is 0 Å². The minimum absolute atomic E-state index is 0. The van der Waals surface area contributed by atoms with Gasteiger partial charge in [-0.05, 0) is 6.92 Å². The van der Waals surface area contributed by atoms with E-state index in [0.717, 1.165) is 17.3 Å². The minimum Gasteiger partial charge on any atom is -0.359 e. The van der Waals surface area contributed by atoms with Crippen LogP contribution >= 0.6 is 24.2 Å². The van der Waals surface area contributed by atoms with Crippen molar-refractivity contribution < 1.29 is 9.32 Å². The largest absolute Gasteiger partial charge is 0.359 e. The molecular weight excluding hydrogens is 250 g/mol. The Hall–Kier alpha value is -0.720. The summed E-state index contributed by atoms with van der Waals surface area (Å²) in [5.41, 5.74) is 0.828. The summed E-state index contributed by atoms with van der Waals surface area (Å²) in [5.74, 6) is 2.39. The lowest BCUT2D eigenvalue weighted by atomic mass is 10.3. The number of aromatic nitrogens is 1. The number of nitrogens with zero attached hydrogens (tertiary/aromatic N) is 1. The average molecular weight is 264 g/mol. The molecule has 7 heteroatoms. The number of carbonyl (C=O) groups excluding carboxylic acids is 1. The van der Waals surface area contributed by atoms with Gasteiger partial charge in [0.15, 0.2) is 5.76 Å². The van der Waals surface area contributed by atoms with Crippen LogP contribution in [0.25, 0.3) is 0 Å². The highest BCUT2D eigenvalue weighted by molar-refractivity contribution is 7.99. The van der Waals surface area contributed by atoms with Crippen molar-refractivity contribution in [2.45, 2.75) is 19.5 Å². The van der Waals surface area contributed by atoms with Crippen molar-refractivity contribution in [2.75, 3.05) is 11.6 Å². The molecule has 1 aliphatic heterocycles. The number of hydrogen-bond donors (Lipinski definition) is 2. The molecule has 0 saturated carbocycles. The van der Waals surface area contributed by atoms with E-state index in [-0.39, 0.29) is 24.4 Å². The van der Waals surface area contributed by atoms with Gasteiger partial charge in [-0.2, -0.15) is 0 Å². The smallest absolute Gasteiger partial charge is 0.238 e. The molecule has 2 rings (SSSR count). The van der Waals surface area contributed by atoms with Gasteiger partial charge in [0.1, 0.15) is 0 Å². The first-order valence-corrected chi connectivity index (χ1v) is 5.92. The Balaban J connectivity index is 0.00000128. The fourth-order valence-electron chi connectivity index (χ4n) is 1.36. The highest BCUT2D eigenvalue weighted by atomic mass is 35.5. The van der Waals surface area contributed by atoms with Gasteiger partial charge >= 0.3 is 0 Å². The highest BCUT2D eigenvalue weighted by Crippen LogP contribution is 2.09. The van der Waals surface area contributed by atoms with E-state index in [1.807, 2.05) is 13.0 Å². The number of aryl methyl sites for hydroxylation is 1. The molecule has 1 aliphatic rings. The van der Waals surface area contributed by atoms with Crippen LogP contribution in [0.15, 0.2) is 10.6 Å². The third-order valence-corrected chi connectivity index (χ3v) is 3.09. The van der Waals surface area contributed by atoms with E-state index in [4.69, 9.17) is 4.52 Å². The SMILES string of the molecule is Cc1cc(CNC(=O)[C@H]2CSCN2)on1.Cl. The monoisotopic (exact) mass is 263 g/mol. The number of rotatable bonds is 3. The van der Waals surface area contributed by atoms with Crippen LogP contribution in [0.2, 0.25) is 0 Å². The maximum Gasteiger partial charge on any atom is 0.238 e. The van der Waals surface area contributed by atoms with E-state index in [2.05, 4.69) is 15.8 Å². The van der Waals surface area contributed by atoms with Gasteiger partial charge in [0.2, 0.25) is 5.91 Å². The fraction of sp³-hybridized carbons (Fsp3) is 0.556. The van der Waals surface area contributed by atoms with E-state index in [0.29, 0.717) is 12.3 Å². The maximum atomic E-state index is 11.6. The summed E-state index contributed by atoms with van der Waals surface area (Å²) in [5, 5.41) is 9.65. The molecule has 1 aromatic heterocycles. The number of thioether (sulfide) groups is 1. The molecule has 1 fully saturated rings. The predicted molar refractivity (Wildman–Crippen MR) is 64.6 cm³/mol. The first kappa shape index (κ1) is 13.3. The van der Waals surface area contributed by atoms with E-state index in [9.17, 15) is 4.79 Å². The molecule has 0 unspecified atom stereocenters. The first-order chi connectivity index (χ1) is 7.25. The van der Waals surface area contributed by atoms with Crippen LogP contribution < -0.4 is 10.6 Å². The van der Waals surface area contributed by atoms with Crippen molar-refractivity contribution in [1.29, 1.82) is 0 Å². The Bertz CT molecular complexity index is 352. The zero-order valence-electron chi connectivity index (χ0n) is 8.86. The summed E-state index contributed by atoms with van der Waals surface area (Å²) in [6.07, 6.45) is 0. The molecule has 2 N–H and O–H groups in total. The van der Waals surface area contributed by atoms with Crippen LogP contribution in [0.5, 0.6) is 0 Å². The summed E-state index contributed by atoms with van der Waals surface area (Å²) in [6.45, 7) is 2.26. The van der Waals surface area contributed by atoms with Gasteiger partial charge in [0.25, 0.3) is 0 Å². The van der Waals surface area contributed by atoms with Gasteiger partial charge < -0.3 is 9.84 Å². The van der Waals surface area contributed by atoms with E-state index >= 15 is 0 Å². The summed E-state index contributed by atoms with van der Waals surface area (Å²) in [6, 6.07) is 1.75. The van der Waals surface area contributed by atoms with Crippen LogP contribution in [-0.2, 0) is 11.3 Å². The van der Waals surface area contributed by atoms with Gasteiger partial charge in [-0.15, -0.1) is 24.2 Å². The molecule has 1 amide bonds. The van der Waals surface area contributed by atoms with Gasteiger partial charge in [0.05, 0.1) is 18.3 Å². The number of carbonyl (C=O) groups is 1. The molecule has 0 spiro atoms. The molecule has 90 valence electrons. The molecule has 0 bridgehead atoms. The quantitative estimate of drug-likeness (QED) is 0.840. The molecule has 16 heavy (non-hydrogen) atoms. The first-order valence-electron chi connectivity index (χ1n) is 4.77. The van der Waals surface area contributed by atoms with Crippen molar-refractivity contribution in [3.8, 4) is 0 Å². The van der Waals surface area contributed by atoms with E-state index in [1.165, 1.54) is 0 Å². The summed E-state index contributed by atoms with van der Waals surface area (Å²) >= 11 is 1.73. The molecule has 5 nitrogen and oxygen atoms in total. The van der Waals surface area contributed by atoms with Crippen molar-refractivity contribution in [3.63, 3.8) is 0 Å². The Morgan fingerprint density at radius 3 is 3.19 bits per heavy atom. The maximum absolute atomic E-state index is 11.6. The van der Waals surface area contributed by atoms with Crippen molar-refractivity contribution in [3.05, 3.63) is 17.5 Å². The molecule has 2 heterocycles. The van der Waals surface area contributed by atoms with Crippen LogP contribution in [-0.4, -0.2) is 28.7 Å². The van der Waals surface area contributed by atoms with Crippen LogP contribution in [0.4, 0.5) is 0 Å². The third kappa shape index (κ3) is 3.40. The third-order valence-electron chi connectivity index (χ3n) is 2.15. The van der Waals surface area contributed by atoms with Crippen molar-refractivity contribution in [1.82, 2.24) is 15.8 Å². The zero-order chi connectivity index (χ0) is 10.7. The summed E-state index contributed by atoms with van der Waals surface area (Å²) in [4.78, 5) is 11.6. The lowest BCUT2D eigenvalue weighted by Crippen LogP contribution is -2.41. The fourth-order valence-corrected chi connectivity index (χ4v) is 2.30. The molecular formula is C9H14ClN3O2S. The second-order valence-corrected chi connectivity index (χ2v) is 4.45. The molecule has 0 radical (unpaired) electrons. The molecule has 0 aliphatic carbocycles. The van der Waals surface area contributed by atoms with E-state index < -0.39 is 0 Å². The normalized spacial score (nSPS) is 19.2. The molecule has 1 atom stereocenters. The van der Waals surface area contributed by atoms with Gasteiger partial charge in [-0.25, -0.2) is 0 Å². The second kappa shape index (κ2) is 6.12. The lowest BCUT2D eigenvalue weighted by molar-refractivity contribution is -0.122. The predicted octanol–water partition coefficient (Wildman–Crippen LogP) is 0.684. The number of amides is 1. The van der Waals surface area contributed by atoms with Gasteiger partial charge in [-0.3, -0.25) is 10.1 Å². The Morgan fingerprint density at radius 1 is 1.81 bits per heavy atom. The van der Waals surface area contributed by atoms with Gasteiger partial charge in [0, 0.05) is 17.7 Å². The Morgan fingerprint density at radius 2 is 2.62 bits per heavy atom. The minimum atomic E-state index is -0.0704. The topological polar surface area (TPSA) is 67.2 Å². The number of nitrogens with one attached hydrogen (secondary N) is 2. The Labute approximate surface area is 104 Å². The summed E-state index contributed by atoms with van der Waals surface area (Å²) in [7, 11) is 0. The second-order valence-electron chi connectivity index (χ2n) is 3.42. The number of halogens is 1. The zero-order valence-corrected chi connectivity index (χ0v) is 10.5. The van der Waals surface area contributed by atoms with Crippen LogP contribution in [0.1, 0.15) is 11.5 Å². The lowest BCUT2D eigenvalue weighted by Gasteiger charge is -2.08. The van der Waals surface area contributed by atoms with E-state index in [1.54, 1.807) is 11.8 Å². The highest BCUT2D eigenvalue weighted by Gasteiger charge is 2.22. The van der Waals surface area contributed by atoms with Crippen LogP contribution in [0, 0.1) is 6.92 Å². The molecule has 1 aromatic rings. The van der Waals surface area contributed by atoms with Gasteiger partial charge in [-0.1, -0.05) is 5.16 Å². The molecule has 1 saturated heterocycles. The standard InChI is InChI=1S/C9H13N3O2S.ClH/c1-6-2-7(14-12-6)3-10-9(13)8-4-15-5-11-8;/h2,8,11H,3-5H2,1H3,(H,10,13);1H/t8-;/m1./s1. The number of hydrogen-bond acceptors (Lipinski definition) is 5. The molecule has 0 aromatic carbocycles. The van der Waals surface area contributed by atoms with Crippen molar-refractivity contribution in [2.24, 2.45) is 0 Å². The Kier molecular flexibility index (Phi) is 5.11. The summed E-state index contributed by atoms with van der Waals surface area (Å²) < 4.78 is 4.99. The van der Waals surface area contributed by atoms with Crippen molar-refractivity contribution >= 4 is 30.1 Å². The average Bonchev–Trinajstić information content (AvgIpc) is 2.84.